The maximum absolute atomic E-state index is 14.5. The van der Waals surface area contributed by atoms with Crippen molar-refractivity contribution in [2.45, 2.75) is 186 Å². The standard InChI is InChI=1S/C51H80NO16P/c1-31-18-14-12-11-13-15-19-32(2)44(54)46(65-10)45(55)34(4)30-50(6,7)43(53)29-41(33(3)26-36-22-24-39(42(27-36)64-9)68-69(60,61)62)66-49(58)38-20-16-17-25-52(38)48(57)47(56)51(59)35(5)21-23-37(67-51)28-40(31)63-8/h11-14,18,30,32-33,35-42,45-46,55,59H,15-17,19-29H2,1-10H3,(H2,60,61,62)/b13-11+,14-12+,31-18+,34-30+/t32-,33-,35-,36+,37+,38+,39?,40+,41+,42-,45-,46+,51-/m1/s1. The van der Waals surface area contributed by atoms with Gasteiger partial charge in [-0.1, -0.05) is 57.2 Å². The summed E-state index contributed by atoms with van der Waals surface area (Å²) in [5.74, 6) is -7.93. The average molecular weight is 994 g/mol. The van der Waals surface area contributed by atoms with E-state index in [2.05, 4.69) is 0 Å². The van der Waals surface area contributed by atoms with E-state index in [-0.39, 0.29) is 43.3 Å². The normalized spacial score (nSPS) is 37.6. The van der Waals surface area contributed by atoms with Gasteiger partial charge in [-0.25, -0.2) is 9.36 Å². The van der Waals surface area contributed by atoms with E-state index in [1.807, 2.05) is 44.2 Å². The van der Waals surface area contributed by atoms with Crippen LogP contribution in [0.1, 0.15) is 132 Å². The van der Waals surface area contributed by atoms with Gasteiger partial charge < -0.3 is 48.6 Å². The zero-order valence-electron chi connectivity index (χ0n) is 42.4. The second kappa shape index (κ2) is 25.9. The van der Waals surface area contributed by atoms with Gasteiger partial charge in [-0.15, -0.1) is 0 Å². The molecule has 18 heteroatoms. The molecule has 4 N–H and O–H groups in total. The summed E-state index contributed by atoms with van der Waals surface area (Å²) in [6, 6.07) is -1.21. The molecule has 4 aliphatic rings. The second-order valence-corrected chi connectivity index (χ2v) is 21.6. The van der Waals surface area contributed by atoms with Crippen molar-refractivity contribution in [2.75, 3.05) is 27.9 Å². The van der Waals surface area contributed by atoms with Crippen LogP contribution >= 0.6 is 7.82 Å². The monoisotopic (exact) mass is 994 g/mol. The third-order valence-electron chi connectivity index (χ3n) is 14.7. The van der Waals surface area contributed by atoms with Crippen molar-refractivity contribution in [3.05, 3.63) is 47.6 Å². The van der Waals surface area contributed by atoms with E-state index in [0.717, 1.165) is 10.5 Å². The number of carbonyl (C=O) groups excluding carboxylic acids is 5. The molecule has 1 amide bonds. The lowest BCUT2D eigenvalue weighted by molar-refractivity contribution is -0.265. The number of aliphatic hydroxyl groups is 2. The summed E-state index contributed by atoms with van der Waals surface area (Å²) in [7, 11) is -0.449. The second-order valence-electron chi connectivity index (χ2n) is 20.4. The number of Topliss-reactive ketones (excluding diaryl/α,β-unsaturated/α-hetero) is 3. The summed E-state index contributed by atoms with van der Waals surface area (Å²) >= 11 is 0. The first-order valence-electron chi connectivity index (χ1n) is 24.6. The van der Waals surface area contributed by atoms with Crippen molar-refractivity contribution >= 4 is 37.0 Å². The molecule has 0 radical (unpaired) electrons. The van der Waals surface area contributed by atoms with Crippen LogP contribution in [0.25, 0.3) is 0 Å². The van der Waals surface area contributed by atoms with E-state index in [0.29, 0.717) is 69.8 Å². The Labute approximate surface area is 408 Å². The van der Waals surface area contributed by atoms with Crippen LogP contribution in [0.2, 0.25) is 0 Å². The number of hydrogen-bond donors (Lipinski definition) is 4. The number of nitrogens with zero attached hydrogens (tertiary/aromatic N) is 1. The fourth-order valence-corrected chi connectivity index (χ4v) is 10.9. The van der Waals surface area contributed by atoms with Gasteiger partial charge in [0.25, 0.3) is 11.7 Å². The molecule has 13 atom stereocenters. The number of esters is 1. The number of phosphoric ester groups is 1. The van der Waals surface area contributed by atoms with Crippen molar-refractivity contribution in [3.8, 4) is 0 Å². The number of methoxy groups -OCH3 is 3. The zero-order chi connectivity index (χ0) is 51.4. The summed E-state index contributed by atoms with van der Waals surface area (Å²) in [5, 5.41) is 23.5. The van der Waals surface area contributed by atoms with Crippen LogP contribution in [0.5, 0.6) is 0 Å². The number of cyclic esters (lactones) is 1. The predicted octanol–water partition coefficient (Wildman–Crippen LogP) is 6.44. The number of fused-ring (bicyclic) bond motifs is 3. The van der Waals surface area contributed by atoms with Crippen molar-refractivity contribution in [1.82, 2.24) is 4.90 Å². The summed E-state index contributed by atoms with van der Waals surface area (Å²) < 4.78 is 46.1. The third-order valence-corrected chi connectivity index (χ3v) is 15.3. The van der Waals surface area contributed by atoms with Crippen LogP contribution in [-0.4, -0.2) is 137 Å². The van der Waals surface area contributed by atoms with E-state index in [4.69, 9.17) is 28.2 Å². The highest BCUT2D eigenvalue weighted by atomic mass is 31.2. The third kappa shape index (κ3) is 15.9. The van der Waals surface area contributed by atoms with E-state index in [9.17, 15) is 48.5 Å². The summed E-state index contributed by atoms with van der Waals surface area (Å²) in [6.45, 7) is 12.1. The minimum absolute atomic E-state index is 0.0390. The van der Waals surface area contributed by atoms with E-state index in [1.54, 1.807) is 47.8 Å². The van der Waals surface area contributed by atoms with Gasteiger partial charge in [0.15, 0.2) is 5.78 Å². The smallest absolute Gasteiger partial charge is 0.460 e. The van der Waals surface area contributed by atoms with Crippen LogP contribution in [0.4, 0.5) is 0 Å². The summed E-state index contributed by atoms with van der Waals surface area (Å²) in [4.78, 5) is 91.3. The molecule has 3 heterocycles. The van der Waals surface area contributed by atoms with Crippen molar-refractivity contribution in [3.63, 3.8) is 0 Å². The Hall–Kier alpha value is -3.22. The lowest BCUT2D eigenvalue weighted by Crippen LogP contribution is -2.61. The number of carbonyl (C=O) groups is 5. The molecule has 17 nitrogen and oxygen atoms in total. The maximum atomic E-state index is 14.5. The Kier molecular flexibility index (Phi) is 21.9. The van der Waals surface area contributed by atoms with E-state index >= 15 is 0 Å². The van der Waals surface area contributed by atoms with Gasteiger partial charge in [0.1, 0.15) is 30.1 Å². The molecule has 0 aromatic rings. The first kappa shape index (κ1) is 58.4. The molecule has 3 aliphatic heterocycles. The van der Waals surface area contributed by atoms with Crippen LogP contribution < -0.4 is 0 Å². The Morgan fingerprint density at radius 1 is 0.870 bits per heavy atom. The molecule has 1 saturated carbocycles. The van der Waals surface area contributed by atoms with Gasteiger partial charge in [-0.3, -0.25) is 23.7 Å². The first-order chi connectivity index (χ1) is 32.4. The highest BCUT2D eigenvalue weighted by Gasteiger charge is 2.53. The Bertz CT molecular complexity index is 1960. The minimum Gasteiger partial charge on any atom is -0.460 e. The van der Waals surface area contributed by atoms with Gasteiger partial charge in [-0.2, -0.15) is 0 Å². The van der Waals surface area contributed by atoms with Gasteiger partial charge in [0, 0.05) is 58.0 Å². The van der Waals surface area contributed by atoms with Crippen LogP contribution in [0, 0.1) is 29.1 Å². The largest absolute Gasteiger partial charge is 0.469 e. The number of piperidine rings is 1. The van der Waals surface area contributed by atoms with Crippen molar-refractivity contribution in [2.24, 2.45) is 29.1 Å². The van der Waals surface area contributed by atoms with Crippen molar-refractivity contribution in [1.29, 1.82) is 0 Å². The molecule has 1 aliphatic carbocycles. The Morgan fingerprint density at radius 2 is 1.58 bits per heavy atom. The molecule has 0 aromatic heterocycles. The maximum Gasteiger partial charge on any atom is 0.469 e. The molecular formula is C51H80NO16P. The van der Waals surface area contributed by atoms with Gasteiger partial charge in [0.05, 0.1) is 24.4 Å². The average Bonchev–Trinajstić information content (AvgIpc) is 3.30. The predicted molar refractivity (Wildman–Crippen MR) is 256 cm³/mol. The number of rotatable bonds is 8. The quantitative estimate of drug-likeness (QED) is 0.0885. The molecule has 4 rings (SSSR count). The lowest BCUT2D eigenvalue weighted by atomic mass is 9.77. The summed E-state index contributed by atoms with van der Waals surface area (Å²) in [5.41, 5.74) is -0.0548. The van der Waals surface area contributed by atoms with Crippen LogP contribution in [0.3, 0.4) is 0 Å². The molecule has 0 spiro atoms. The number of ether oxygens (including phenoxy) is 5. The molecule has 0 aromatic carbocycles. The van der Waals surface area contributed by atoms with Crippen LogP contribution in [-0.2, 0) is 56.7 Å². The number of ketones is 3. The Morgan fingerprint density at radius 3 is 2.23 bits per heavy atom. The highest BCUT2D eigenvalue weighted by molar-refractivity contribution is 7.46. The molecular weight excluding hydrogens is 914 g/mol. The fraction of sp³-hybridized carbons (Fsp3) is 0.745. The van der Waals surface area contributed by atoms with E-state index in [1.165, 1.54) is 14.2 Å². The zero-order valence-corrected chi connectivity index (χ0v) is 43.3. The number of hydrogen-bond acceptors (Lipinski definition) is 14. The Balaban J connectivity index is 1.72. The number of amides is 1. The molecule has 2 saturated heterocycles. The van der Waals surface area contributed by atoms with Gasteiger partial charge >= 0.3 is 13.8 Å². The topological polar surface area (TPSA) is 242 Å². The molecule has 1 unspecified atom stereocenters. The molecule has 390 valence electrons. The highest BCUT2D eigenvalue weighted by Crippen LogP contribution is 2.44. The van der Waals surface area contributed by atoms with Crippen molar-refractivity contribution < 1.29 is 76.7 Å². The van der Waals surface area contributed by atoms with Gasteiger partial charge in [0.2, 0.25) is 5.79 Å². The molecule has 69 heavy (non-hydrogen) atoms. The summed E-state index contributed by atoms with van der Waals surface area (Å²) in [6.07, 6.45) is 9.55. The number of aliphatic hydroxyl groups excluding tert-OH is 1. The van der Waals surface area contributed by atoms with E-state index < -0.39 is 103 Å². The molecule has 2 bridgehead atoms. The fourth-order valence-electron chi connectivity index (χ4n) is 10.3. The SMILES string of the molecule is CO[C@H]1C[C@@H]2CC[C@@H](C)[C@@](O)(O2)C(=O)C(=O)N2CCCC[C@H]2C(=O)O[C@H]([C@H](C)C[C@@H]2CCC(OP(=O)(O)O)[C@H](OC)C2)CC(=O)C(C)(C)/C=C(\C)[C@@H](O)[C@@H](OC)C(=O)[C@H](C)CC/C=C/C=C/C=C/1C. The number of phosphoric acid groups is 1. The van der Waals surface area contributed by atoms with Gasteiger partial charge in [-0.05, 0) is 121 Å². The molecule has 3 fully saturated rings. The minimum atomic E-state index is -4.79. The number of allylic oxidation sites excluding steroid dienone is 6. The van der Waals surface area contributed by atoms with Crippen LogP contribution in [0.15, 0.2) is 47.6 Å². The first-order valence-corrected chi connectivity index (χ1v) is 26.1. The lowest BCUT2D eigenvalue weighted by Gasteiger charge is -2.42.